The lowest BCUT2D eigenvalue weighted by atomic mass is 9.87. The first-order chi connectivity index (χ1) is 14.6. The van der Waals surface area contributed by atoms with Gasteiger partial charge >= 0.3 is 6.18 Å². The molecule has 0 radical (unpaired) electrons. The highest BCUT2D eigenvalue weighted by molar-refractivity contribution is 7.91. The minimum absolute atomic E-state index is 0.00106. The van der Waals surface area contributed by atoms with Crippen LogP contribution in [0.1, 0.15) is 63.4 Å². The van der Waals surface area contributed by atoms with Gasteiger partial charge in [0.1, 0.15) is 0 Å². The highest BCUT2D eigenvalue weighted by Gasteiger charge is 2.32. The maximum atomic E-state index is 12.9. The van der Waals surface area contributed by atoms with Crippen LogP contribution in [-0.2, 0) is 20.8 Å². The molecular weight excluding hydrogens is 429 g/mol. The van der Waals surface area contributed by atoms with Gasteiger partial charge < -0.3 is 10.6 Å². The Kier molecular flexibility index (Phi) is 8.02. The zero-order valence-corrected chi connectivity index (χ0v) is 18.4. The van der Waals surface area contributed by atoms with Crippen LogP contribution in [0.3, 0.4) is 0 Å². The number of alkyl halides is 3. The van der Waals surface area contributed by atoms with Crippen LogP contribution in [0.2, 0.25) is 0 Å². The van der Waals surface area contributed by atoms with Crippen molar-refractivity contribution in [2.45, 2.75) is 80.9 Å². The summed E-state index contributed by atoms with van der Waals surface area (Å²) in [5, 5.41) is 6.33. The molecule has 0 aliphatic heterocycles. The molecule has 2 fully saturated rings. The number of amides is 1. The van der Waals surface area contributed by atoms with Crippen LogP contribution in [0, 0.1) is 5.92 Å². The maximum absolute atomic E-state index is 12.9. The lowest BCUT2D eigenvalue weighted by Gasteiger charge is -2.29. The average molecular weight is 461 g/mol. The summed E-state index contributed by atoms with van der Waals surface area (Å²) in [4.78, 5) is 11.9. The minimum Gasteiger partial charge on any atom is -0.352 e. The number of sulfone groups is 1. The average Bonchev–Trinajstić information content (AvgIpc) is 2.73. The van der Waals surface area contributed by atoms with E-state index in [2.05, 4.69) is 10.6 Å². The van der Waals surface area contributed by atoms with E-state index in [1.54, 1.807) is 0 Å². The highest BCUT2D eigenvalue weighted by Crippen LogP contribution is 2.32. The van der Waals surface area contributed by atoms with E-state index in [1.807, 2.05) is 0 Å². The molecule has 2 saturated carbocycles. The molecule has 2 aliphatic carbocycles. The number of hydrogen-bond acceptors (Lipinski definition) is 4. The predicted molar refractivity (Wildman–Crippen MR) is 112 cm³/mol. The highest BCUT2D eigenvalue weighted by atomic mass is 32.2. The van der Waals surface area contributed by atoms with E-state index in [9.17, 15) is 26.4 Å². The summed E-state index contributed by atoms with van der Waals surface area (Å²) in [6.45, 7) is 0.258. The first kappa shape index (κ1) is 24.0. The molecule has 1 aromatic carbocycles. The molecular formula is C22H31F3N2O3S. The second-order valence-electron chi connectivity index (χ2n) is 8.81. The van der Waals surface area contributed by atoms with Gasteiger partial charge in [0, 0.05) is 12.1 Å². The molecule has 0 saturated heterocycles. The first-order valence-electron chi connectivity index (χ1n) is 11.1. The molecule has 0 unspecified atom stereocenters. The number of rotatable bonds is 7. The molecule has 0 atom stereocenters. The number of benzene rings is 1. The molecule has 1 aromatic rings. The Morgan fingerprint density at radius 1 is 0.968 bits per heavy atom. The fraction of sp³-hybridized carbons (Fsp3) is 0.682. The van der Waals surface area contributed by atoms with Crippen LogP contribution in [-0.4, -0.2) is 38.7 Å². The maximum Gasteiger partial charge on any atom is 0.416 e. The van der Waals surface area contributed by atoms with Crippen LogP contribution in [0.25, 0.3) is 0 Å². The normalized spacial score (nSPS) is 23.5. The fourth-order valence-electron chi connectivity index (χ4n) is 4.57. The van der Waals surface area contributed by atoms with Crippen LogP contribution in [0.5, 0.6) is 0 Å². The number of nitrogens with one attached hydrogen (secondary N) is 2. The number of carbonyl (C=O) groups excluding carboxylic acids is 1. The number of carbonyl (C=O) groups is 1. The zero-order valence-electron chi connectivity index (χ0n) is 17.6. The number of hydrogen-bond donors (Lipinski definition) is 2. The monoisotopic (exact) mass is 460 g/mol. The Bertz CT molecular complexity index is 844. The quantitative estimate of drug-likeness (QED) is 0.643. The van der Waals surface area contributed by atoms with E-state index < -0.39 is 21.6 Å². The molecule has 31 heavy (non-hydrogen) atoms. The van der Waals surface area contributed by atoms with Gasteiger partial charge in [0.2, 0.25) is 5.91 Å². The summed E-state index contributed by atoms with van der Waals surface area (Å²) in [5.74, 6) is -0.238. The third kappa shape index (κ3) is 7.20. The fourth-order valence-corrected chi connectivity index (χ4v) is 6.31. The number of halogens is 3. The third-order valence-corrected chi connectivity index (χ3v) is 8.23. The van der Waals surface area contributed by atoms with Gasteiger partial charge in [0.15, 0.2) is 9.84 Å². The molecule has 0 bridgehead atoms. The lowest BCUT2D eigenvalue weighted by molar-refractivity contribution is -0.137. The van der Waals surface area contributed by atoms with Gasteiger partial charge in [-0.05, 0) is 62.6 Å². The smallest absolute Gasteiger partial charge is 0.352 e. The Morgan fingerprint density at radius 2 is 1.65 bits per heavy atom. The van der Waals surface area contributed by atoms with Gasteiger partial charge in [0.05, 0.1) is 22.8 Å². The Morgan fingerprint density at radius 3 is 2.29 bits per heavy atom. The summed E-state index contributed by atoms with van der Waals surface area (Å²) in [5.41, 5.74) is -0.951. The van der Waals surface area contributed by atoms with Crippen molar-refractivity contribution in [2.24, 2.45) is 5.92 Å². The Balaban J connectivity index is 1.43. The van der Waals surface area contributed by atoms with Crippen LogP contribution >= 0.6 is 0 Å². The van der Waals surface area contributed by atoms with Crippen LogP contribution < -0.4 is 10.6 Å². The van der Waals surface area contributed by atoms with Crippen molar-refractivity contribution in [3.63, 3.8) is 0 Å². The standard InChI is InChI=1S/C22H31F3N2O3S/c23-22(24,25)17-5-4-8-20(13-17)31(29,30)15-16-9-11-18(12-10-16)26-14-21(28)27-19-6-2-1-3-7-19/h4-5,8,13,16,18-19,26H,1-3,6-7,9-12,14-15H2,(H,27,28). The van der Waals surface area contributed by atoms with Gasteiger partial charge in [0.25, 0.3) is 0 Å². The van der Waals surface area contributed by atoms with Gasteiger partial charge in [-0.15, -0.1) is 0 Å². The Labute approximate surface area is 182 Å². The van der Waals surface area contributed by atoms with Crippen molar-refractivity contribution in [3.05, 3.63) is 29.8 Å². The molecule has 0 spiro atoms. The van der Waals surface area contributed by atoms with E-state index in [1.165, 1.54) is 12.5 Å². The van der Waals surface area contributed by atoms with Gasteiger partial charge in [-0.3, -0.25) is 4.79 Å². The van der Waals surface area contributed by atoms with Crippen LogP contribution in [0.4, 0.5) is 13.2 Å². The molecule has 3 rings (SSSR count). The van der Waals surface area contributed by atoms with Gasteiger partial charge in [-0.2, -0.15) is 13.2 Å². The van der Waals surface area contributed by atoms with E-state index >= 15 is 0 Å². The summed E-state index contributed by atoms with van der Waals surface area (Å²) < 4.78 is 63.9. The zero-order chi connectivity index (χ0) is 22.5. The van der Waals surface area contributed by atoms with Crippen molar-refractivity contribution < 1.29 is 26.4 Å². The first-order valence-corrected chi connectivity index (χ1v) is 12.7. The SMILES string of the molecule is O=C(CNC1CCC(CS(=O)(=O)c2cccc(C(F)(F)F)c2)CC1)NC1CCCCC1. The van der Waals surface area contributed by atoms with Crippen molar-refractivity contribution in [2.75, 3.05) is 12.3 Å². The molecule has 1 amide bonds. The van der Waals surface area contributed by atoms with E-state index in [4.69, 9.17) is 0 Å². The van der Waals surface area contributed by atoms with Crippen molar-refractivity contribution in [1.82, 2.24) is 10.6 Å². The van der Waals surface area contributed by atoms with E-state index in [0.717, 1.165) is 50.7 Å². The molecule has 174 valence electrons. The molecule has 0 heterocycles. The van der Waals surface area contributed by atoms with Gasteiger partial charge in [-0.25, -0.2) is 8.42 Å². The largest absolute Gasteiger partial charge is 0.416 e. The van der Waals surface area contributed by atoms with Crippen molar-refractivity contribution >= 4 is 15.7 Å². The van der Waals surface area contributed by atoms with E-state index in [0.29, 0.717) is 18.9 Å². The van der Waals surface area contributed by atoms with Crippen LogP contribution in [0.15, 0.2) is 29.2 Å². The van der Waals surface area contributed by atoms with Crippen molar-refractivity contribution in [3.8, 4) is 0 Å². The third-order valence-electron chi connectivity index (χ3n) is 6.34. The lowest BCUT2D eigenvalue weighted by Crippen LogP contribution is -2.44. The summed E-state index contributed by atoms with van der Waals surface area (Å²) in [7, 11) is -3.79. The predicted octanol–water partition coefficient (Wildman–Crippen LogP) is 4.08. The van der Waals surface area contributed by atoms with Gasteiger partial charge in [-0.1, -0.05) is 25.3 Å². The van der Waals surface area contributed by atoms with Crippen molar-refractivity contribution in [1.29, 1.82) is 0 Å². The summed E-state index contributed by atoms with van der Waals surface area (Å²) in [6, 6.07) is 4.38. The van der Waals surface area contributed by atoms with E-state index in [-0.39, 0.29) is 41.1 Å². The second kappa shape index (κ2) is 10.3. The topological polar surface area (TPSA) is 75.3 Å². The summed E-state index contributed by atoms with van der Waals surface area (Å²) in [6.07, 6.45) is 3.89. The molecule has 9 heteroatoms. The summed E-state index contributed by atoms with van der Waals surface area (Å²) >= 11 is 0. The molecule has 2 aliphatic rings. The molecule has 2 N–H and O–H groups in total. The Hall–Kier alpha value is -1.61. The molecule has 0 aromatic heterocycles. The molecule has 5 nitrogen and oxygen atoms in total. The second-order valence-corrected chi connectivity index (χ2v) is 10.8. The minimum atomic E-state index is -4.57.